The zero-order chi connectivity index (χ0) is 22.6. The predicted octanol–water partition coefficient (Wildman–Crippen LogP) is 5.13. The lowest BCUT2D eigenvalue weighted by molar-refractivity contribution is -0.123. The van der Waals surface area contributed by atoms with Crippen LogP contribution in [-0.4, -0.2) is 17.8 Å². The molecule has 0 spiro atoms. The third kappa shape index (κ3) is 3.26. The van der Waals surface area contributed by atoms with E-state index in [1.807, 2.05) is 24.3 Å². The molecule has 1 heterocycles. The number of ether oxygens (including phenoxy) is 1. The third-order valence-corrected chi connectivity index (χ3v) is 8.02. The number of amides is 2. The topological polar surface area (TPSA) is 63.7 Å². The number of hydrogen-bond acceptors (Lipinski definition) is 4. The zero-order valence-electron chi connectivity index (χ0n) is 18.8. The van der Waals surface area contributed by atoms with E-state index in [0.717, 1.165) is 25.7 Å². The van der Waals surface area contributed by atoms with Crippen LogP contribution >= 0.6 is 0 Å². The Hall–Kier alpha value is -2.95. The van der Waals surface area contributed by atoms with Crippen LogP contribution in [0.1, 0.15) is 62.4 Å². The molecule has 5 nitrogen and oxygen atoms in total. The fraction of sp³-hybridized carbons (Fsp3) is 0.444. The van der Waals surface area contributed by atoms with Crippen molar-refractivity contribution in [3.05, 3.63) is 59.7 Å². The van der Waals surface area contributed by atoms with Gasteiger partial charge in [0.15, 0.2) is 0 Å². The molecule has 2 aromatic carbocycles. The minimum atomic E-state index is -0.465. The first-order chi connectivity index (χ1) is 15.3. The molecular weight excluding hydrogens is 402 g/mol. The van der Waals surface area contributed by atoms with Crippen molar-refractivity contribution in [1.82, 2.24) is 0 Å². The van der Waals surface area contributed by atoms with Crippen molar-refractivity contribution in [1.29, 1.82) is 0 Å². The van der Waals surface area contributed by atoms with Crippen LogP contribution in [0.5, 0.6) is 5.75 Å². The molecular formula is C27H29NO4. The summed E-state index contributed by atoms with van der Waals surface area (Å²) in [6.07, 6.45) is 4.15. The molecule has 0 N–H and O–H groups in total. The van der Waals surface area contributed by atoms with Gasteiger partial charge in [-0.25, -0.2) is 4.79 Å². The number of rotatable bonds is 5. The molecule has 2 aliphatic carbocycles. The van der Waals surface area contributed by atoms with Crippen molar-refractivity contribution < 1.29 is 19.1 Å². The van der Waals surface area contributed by atoms with Gasteiger partial charge in [-0.05, 0) is 84.9 Å². The summed E-state index contributed by atoms with van der Waals surface area (Å²) in [6.45, 7) is 6.52. The predicted molar refractivity (Wildman–Crippen MR) is 121 cm³/mol. The first kappa shape index (κ1) is 20.9. The van der Waals surface area contributed by atoms with Crippen molar-refractivity contribution in [3.63, 3.8) is 0 Å². The van der Waals surface area contributed by atoms with E-state index in [9.17, 15) is 14.4 Å². The number of hydrogen-bond donors (Lipinski definition) is 0. The SMILES string of the molecule is CCC(C)(C)c1ccc(OC(=O)c2ccc(N3C(=O)C4C5CCC(C5)C4C3=O)cc2)cc1. The Kier molecular flexibility index (Phi) is 4.95. The van der Waals surface area contributed by atoms with Crippen LogP contribution in [0.3, 0.4) is 0 Å². The van der Waals surface area contributed by atoms with Crippen LogP contribution in [0.25, 0.3) is 0 Å². The fourth-order valence-electron chi connectivity index (χ4n) is 5.75. The van der Waals surface area contributed by atoms with Crippen LogP contribution in [0, 0.1) is 23.7 Å². The number of carbonyl (C=O) groups is 3. The molecule has 0 radical (unpaired) electrons. The summed E-state index contributed by atoms with van der Waals surface area (Å²) >= 11 is 0. The average Bonchev–Trinajstić information content (AvgIpc) is 3.48. The number of anilines is 1. The first-order valence-corrected chi connectivity index (χ1v) is 11.6. The number of esters is 1. The smallest absolute Gasteiger partial charge is 0.343 e. The van der Waals surface area contributed by atoms with Crippen LogP contribution < -0.4 is 9.64 Å². The van der Waals surface area contributed by atoms with Crippen LogP contribution in [0.4, 0.5) is 5.69 Å². The van der Waals surface area contributed by atoms with Crippen molar-refractivity contribution in [2.45, 2.75) is 51.9 Å². The van der Waals surface area contributed by atoms with Gasteiger partial charge in [-0.2, -0.15) is 0 Å². The number of nitrogens with zero attached hydrogens (tertiary/aromatic N) is 1. The number of benzene rings is 2. The van der Waals surface area contributed by atoms with Gasteiger partial charge in [0.25, 0.3) is 0 Å². The van der Waals surface area contributed by atoms with Gasteiger partial charge in [-0.15, -0.1) is 0 Å². The van der Waals surface area contributed by atoms with E-state index in [2.05, 4.69) is 20.8 Å². The maximum atomic E-state index is 13.0. The summed E-state index contributed by atoms with van der Waals surface area (Å²) in [7, 11) is 0. The van der Waals surface area contributed by atoms with Gasteiger partial charge in [0.1, 0.15) is 5.75 Å². The van der Waals surface area contributed by atoms with Crippen molar-refractivity contribution in [2.24, 2.45) is 23.7 Å². The van der Waals surface area contributed by atoms with Crippen molar-refractivity contribution in [2.75, 3.05) is 4.90 Å². The van der Waals surface area contributed by atoms with Crippen LogP contribution in [0.2, 0.25) is 0 Å². The van der Waals surface area contributed by atoms with Gasteiger partial charge in [-0.1, -0.05) is 32.9 Å². The van der Waals surface area contributed by atoms with E-state index in [1.165, 1.54) is 10.5 Å². The molecule has 2 aromatic rings. The Morgan fingerprint density at radius 2 is 1.50 bits per heavy atom. The van der Waals surface area contributed by atoms with E-state index >= 15 is 0 Å². The van der Waals surface area contributed by atoms with E-state index in [-0.39, 0.29) is 29.1 Å². The van der Waals surface area contributed by atoms with Crippen molar-refractivity contribution >= 4 is 23.5 Å². The molecule has 3 fully saturated rings. The van der Waals surface area contributed by atoms with Gasteiger partial charge in [0, 0.05) is 0 Å². The highest BCUT2D eigenvalue weighted by Gasteiger charge is 2.61. The summed E-state index contributed by atoms with van der Waals surface area (Å²) in [4.78, 5) is 39.9. The van der Waals surface area contributed by atoms with Crippen LogP contribution in [-0.2, 0) is 15.0 Å². The highest BCUT2D eigenvalue weighted by Crippen LogP contribution is 2.56. The molecule has 2 saturated carbocycles. The molecule has 5 rings (SSSR count). The Balaban J connectivity index is 1.28. The Morgan fingerprint density at radius 1 is 0.938 bits per heavy atom. The van der Waals surface area contributed by atoms with E-state index < -0.39 is 5.97 Å². The second-order valence-corrected chi connectivity index (χ2v) is 10.1. The molecule has 2 amide bonds. The first-order valence-electron chi connectivity index (χ1n) is 11.6. The Morgan fingerprint density at radius 3 is 2.03 bits per heavy atom. The summed E-state index contributed by atoms with van der Waals surface area (Å²) in [5, 5.41) is 0. The molecule has 5 heteroatoms. The minimum absolute atomic E-state index is 0.0703. The molecule has 4 unspecified atom stereocenters. The largest absolute Gasteiger partial charge is 0.423 e. The Labute approximate surface area is 188 Å². The lowest BCUT2D eigenvalue weighted by atomic mass is 9.81. The van der Waals surface area contributed by atoms with E-state index in [1.54, 1.807) is 24.3 Å². The monoisotopic (exact) mass is 431 g/mol. The molecule has 0 aromatic heterocycles. The molecule has 166 valence electrons. The van der Waals surface area contributed by atoms with Gasteiger partial charge in [0.05, 0.1) is 23.1 Å². The summed E-state index contributed by atoms with van der Waals surface area (Å²) in [5.74, 6) is 0.300. The number of fused-ring (bicyclic) bond motifs is 5. The molecule has 3 aliphatic rings. The van der Waals surface area contributed by atoms with Gasteiger partial charge < -0.3 is 4.74 Å². The molecule has 32 heavy (non-hydrogen) atoms. The van der Waals surface area contributed by atoms with Gasteiger partial charge in [-0.3, -0.25) is 14.5 Å². The summed E-state index contributed by atoms with van der Waals surface area (Å²) < 4.78 is 5.52. The van der Waals surface area contributed by atoms with Crippen LogP contribution in [0.15, 0.2) is 48.5 Å². The maximum absolute atomic E-state index is 13.0. The summed E-state index contributed by atoms with van der Waals surface area (Å²) in [5.41, 5.74) is 2.19. The maximum Gasteiger partial charge on any atom is 0.343 e. The molecule has 1 saturated heterocycles. The molecule has 4 atom stereocenters. The minimum Gasteiger partial charge on any atom is -0.423 e. The average molecular weight is 432 g/mol. The van der Waals surface area contributed by atoms with E-state index in [4.69, 9.17) is 4.74 Å². The highest BCUT2D eigenvalue weighted by atomic mass is 16.5. The number of carbonyl (C=O) groups excluding carboxylic acids is 3. The fourth-order valence-corrected chi connectivity index (χ4v) is 5.75. The Bertz CT molecular complexity index is 1040. The van der Waals surface area contributed by atoms with Gasteiger partial charge in [0.2, 0.25) is 11.8 Å². The highest BCUT2D eigenvalue weighted by molar-refractivity contribution is 6.22. The second-order valence-electron chi connectivity index (χ2n) is 10.1. The standard InChI is InChI=1S/C27H29NO4/c1-4-27(2,3)19-9-13-21(14-10-19)32-26(31)16-7-11-20(12-8-16)28-24(29)22-17-5-6-18(15-17)23(22)25(28)30/h7-14,17-18,22-23H,4-6,15H2,1-3H3. The van der Waals surface area contributed by atoms with Gasteiger partial charge >= 0.3 is 5.97 Å². The van der Waals surface area contributed by atoms with E-state index in [0.29, 0.717) is 28.8 Å². The quantitative estimate of drug-likeness (QED) is 0.374. The zero-order valence-corrected chi connectivity index (χ0v) is 18.8. The lowest BCUT2D eigenvalue weighted by Crippen LogP contribution is -2.32. The molecule has 1 aliphatic heterocycles. The number of imide groups is 1. The normalized spacial score (nSPS) is 26.5. The third-order valence-electron chi connectivity index (χ3n) is 8.02. The van der Waals surface area contributed by atoms with Crippen molar-refractivity contribution in [3.8, 4) is 5.75 Å². The summed E-state index contributed by atoms with van der Waals surface area (Å²) in [6, 6.07) is 14.2. The molecule has 2 bridgehead atoms. The second kappa shape index (κ2) is 7.58. The lowest BCUT2D eigenvalue weighted by Gasteiger charge is -2.23.